The Bertz CT molecular complexity index is 293. The first-order chi connectivity index (χ1) is 6.19. The van der Waals surface area contributed by atoms with Crippen LogP contribution in [0.1, 0.15) is 25.1 Å². The van der Waals surface area contributed by atoms with Crippen molar-refractivity contribution in [1.82, 2.24) is 9.97 Å². The van der Waals surface area contributed by atoms with Gasteiger partial charge in [0, 0.05) is 12.2 Å². The van der Waals surface area contributed by atoms with Crippen LogP contribution in [0.25, 0.3) is 0 Å². The fourth-order valence-electron chi connectivity index (χ4n) is 0.915. The van der Waals surface area contributed by atoms with Gasteiger partial charge in [-0.25, -0.2) is 9.97 Å². The van der Waals surface area contributed by atoms with Gasteiger partial charge in [0.1, 0.15) is 0 Å². The van der Waals surface area contributed by atoms with Crippen LogP contribution < -0.4 is 5.73 Å². The molecule has 0 amide bonds. The van der Waals surface area contributed by atoms with Crippen LogP contribution in [-0.4, -0.2) is 16.2 Å². The first-order valence-corrected chi connectivity index (χ1v) is 6.02. The molecule has 0 fully saturated rings. The van der Waals surface area contributed by atoms with Crippen molar-refractivity contribution in [3.05, 3.63) is 16.4 Å². The van der Waals surface area contributed by atoms with Gasteiger partial charge in [-0.2, -0.15) is 0 Å². The van der Waals surface area contributed by atoms with Gasteiger partial charge in [-0.1, -0.05) is 18.7 Å². The summed E-state index contributed by atoms with van der Waals surface area (Å²) in [6.45, 7) is 2.04. The molecule has 0 saturated heterocycles. The Morgan fingerprint density at radius 3 is 2.92 bits per heavy atom. The summed E-state index contributed by atoms with van der Waals surface area (Å²) < 4.78 is 0.889. The zero-order chi connectivity index (χ0) is 9.84. The Hall–Kier alpha value is -0.130. The van der Waals surface area contributed by atoms with E-state index in [2.05, 4.69) is 25.9 Å². The SMILES string of the molecule is CCC(N)c1nc(SC)ncc1Br. The average Bonchev–Trinajstić information content (AvgIpc) is 2.17. The lowest BCUT2D eigenvalue weighted by Crippen LogP contribution is -2.12. The van der Waals surface area contributed by atoms with Gasteiger partial charge in [-0.3, -0.25) is 0 Å². The zero-order valence-electron chi connectivity index (χ0n) is 7.62. The predicted octanol–water partition coefficient (Wildman–Crippen LogP) is 2.37. The molecule has 0 aliphatic rings. The average molecular weight is 262 g/mol. The highest BCUT2D eigenvalue weighted by molar-refractivity contribution is 9.10. The second kappa shape index (κ2) is 4.93. The highest BCUT2D eigenvalue weighted by Gasteiger charge is 2.10. The summed E-state index contributed by atoms with van der Waals surface area (Å²) in [5.41, 5.74) is 6.78. The standard InChI is InChI=1S/C8H12BrN3S/c1-3-6(10)7-5(9)4-11-8(12-7)13-2/h4,6H,3,10H2,1-2H3. The molecule has 0 saturated carbocycles. The Balaban J connectivity index is 3.03. The molecule has 0 aliphatic heterocycles. The number of hydrogen-bond acceptors (Lipinski definition) is 4. The maximum Gasteiger partial charge on any atom is 0.187 e. The number of nitrogens with two attached hydrogens (primary N) is 1. The molecule has 72 valence electrons. The second-order valence-electron chi connectivity index (χ2n) is 2.60. The van der Waals surface area contributed by atoms with Gasteiger partial charge in [0.2, 0.25) is 0 Å². The fourth-order valence-corrected chi connectivity index (χ4v) is 1.75. The largest absolute Gasteiger partial charge is 0.323 e. The molecule has 1 rings (SSSR count). The number of hydrogen-bond donors (Lipinski definition) is 1. The molecule has 1 aromatic heterocycles. The van der Waals surface area contributed by atoms with Crippen molar-refractivity contribution in [2.24, 2.45) is 5.73 Å². The molecule has 0 aliphatic carbocycles. The molecule has 0 aromatic carbocycles. The molecule has 13 heavy (non-hydrogen) atoms. The molecule has 0 spiro atoms. The van der Waals surface area contributed by atoms with Crippen LogP contribution in [0.15, 0.2) is 15.8 Å². The van der Waals surface area contributed by atoms with Gasteiger partial charge < -0.3 is 5.73 Å². The van der Waals surface area contributed by atoms with Crippen LogP contribution in [0.2, 0.25) is 0 Å². The van der Waals surface area contributed by atoms with E-state index in [1.807, 2.05) is 13.2 Å². The van der Waals surface area contributed by atoms with E-state index in [1.165, 1.54) is 11.8 Å². The summed E-state index contributed by atoms with van der Waals surface area (Å²) in [6.07, 6.45) is 4.58. The van der Waals surface area contributed by atoms with Gasteiger partial charge in [-0.15, -0.1) is 0 Å². The van der Waals surface area contributed by atoms with Crippen molar-refractivity contribution in [3.63, 3.8) is 0 Å². The van der Waals surface area contributed by atoms with E-state index in [0.29, 0.717) is 0 Å². The van der Waals surface area contributed by atoms with E-state index in [4.69, 9.17) is 5.73 Å². The molecule has 1 heterocycles. The number of aromatic nitrogens is 2. The maximum atomic E-state index is 5.89. The lowest BCUT2D eigenvalue weighted by molar-refractivity contribution is 0.655. The van der Waals surface area contributed by atoms with E-state index in [0.717, 1.165) is 21.7 Å². The maximum absolute atomic E-state index is 5.89. The fraction of sp³-hybridized carbons (Fsp3) is 0.500. The molecule has 0 bridgehead atoms. The number of thioether (sulfide) groups is 1. The summed E-state index contributed by atoms with van der Waals surface area (Å²) in [5.74, 6) is 0. The molecular formula is C8H12BrN3S. The minimum absolute atomic E-state index is 0.0109. The molecule has 1 unspecified atom stereocenters. The van der Waals surface area contributed by atoms with E-state index < -0.39 is 0 Å². The molecule has 1 aromatic rings. The third-order valence-corrected chi connectivity index (χ3v) is 2.90. The quantitative estimate of drug-likeness (QED) is 0.671. The van der Waals surface area contributed by atoms with Crippen molar-refractivity contribution in [2.75, 3.05) is 6.26 Å². The Morgan fingerprint density at radius 1 is 1.69 bits per heavy atom. The number of halogens is 1. The van der Waals surface area contributed by atoms with E-state index >= 15 is 0 Å². The van der Waals surface area contributed by atoms with Gasteiger partial charge in [0.25, 0.3) is 0 Å². The van der Waals surface area contributed by atoms with Crippen LogP contribution in [0.5, 0.6) is 0 Å². The van der Waals surface area contributed by atoms with Crippen molar-refractivity contribution in [1.29, 1.82) is 0 Å². The van der Waals surface area contributed by atoms with Crippen LogP contribution in [0, 0.1) is 0 Å². The zero-order valence-corrected chi connectivity index (χ0v) is 10.0. The lowest BCUT2D eigenvalue weighted by atomic mass is 10.2. The monoisotopic (exact) mass is 261 g/mol. The predicted molar refractivity (Wildman–Crippen MR) is 58.7 cm³/mol. The van der Waals surface area contributed by atoms with Gasteiger partial charge in [0.15, 0.2) is 5.16 Å². The molecule has 0 radical (unpaired) electrons. The summed E-state index contributed by atoms with van der Waals surface area (Å²) in [4.78, 5) is 8.47. The Kier molecular flexibility index (Phi) is 4.15. The summed E-state index contributed by atoms with van der Waals surface area (Å²) in [7, 11) is 0. The minimum Gasteiger partial charge on any atom is -0.323 e. The van der Waals surface area contributed by atoms with Crippen molar-refractivity contribution >= 4 is 27.7 Å². The van der Waals surface area contributed by atoms with E-state index in [-0.39, 0.29) is 6.04 Å². The summed E-state index contributed by atoms with van der Waals surface area (Å²) in [5, 5.41) is 0.766. The van der Waals surface area contributed by atoms with Crippen molar-refractivity contribution in [3.8, 4) is 0 Å². The molecule has 3 nitrogen and oxygen atoms in total. The first-order valence-electron chi connectivity index (χ1n) is 4.01. The molecule has 1 atom stereocenters. The van der Waals surface area contributed by atoms with Gasteiger partial charge >= 0.3 is 0 Å². The van der Waals surface area contributed by atoms with Crippen LogP contribution in [0.4, 0.5) is 0 Å². The topological polar surface area (TPSA) is 51.8 Å². The summed E-state index contributed by atoms with van der Waals surface area (Å²) >= 11 is 4.91. The smallest absolute Gasteiger partial charge is 0.187 e. The second-order valence-corrected chi connectivity index (χ2v) is 4.23. The highest BCUT2D eigenvalue weighted by atomic mass is 79.9. The minimum atomic E-state index is -0.0109. The third kappa shape index (κ3) is 2.65. The Morgan fingerprint density at radius 2 is 2.38 bits per heavy atom. The number of rotatable bonds is 3. The first kappa shape index (κ1) is 10.9. The van der Waals surface area contributed by atoms with Crippen LogP contribution in [0.3, 0.4) is 0 Å². The Labute approximate surface area is 90.7 Å². The lowest BCUT2D eigenvalue weighted by Gasteiger charge is -2.10. The van der Waals surface area contributed by atoms with E-state index in [1.54, 1.807) is 6.20 Å². The molecular weight excluding hydrogens is 250 g/mol. The van der Waals surface area contributed by atoms with Crippen LogP contribution >= 0.6 is 27.7 Å². The van der Waals surface area contributed by atoms with Crippen molar-refractivity contribution in [2.45, 2.75) is 24.5 Å². The van der Waals surface area contributed by atoms with Gasteiger partial charge in [0.05, 0.1) is 10.2 Å². The normalized spacial score (nSPS) is 12.9. The van der Waals surface area contributed by atoms with Crippen LogP contribution in [-0.2, 0) is 0 Å². The molecule has 2 N–H and O–H groups in total. The van der Waals surface area contributed by atoms with Crippen molar-refractivity contribution < 1.29 is 0 Å². The highest BCUT2D eigenvalue weighted by Crippen LogP contribution is 2.23. The number of nitrogens with zero attached hydrogens (tertiary/aromatic N) is 2. The third-order valence-electron chi connectivity index (χ3n) is 1.72. The van der Waals surface area contributed by atoms with E-state index in [9.17, 15) is 0 Å². The van der Waals surface area contributed by atoms with Gasteiger partial charge in [-0.05, 0) is 28.6 Å². The molecule has 5 heteroatoms. The summed E-state index contributed by atoms with van der Waals surface area (Å²) in [6, 6.07) is -0.0109.